The molecule has 0 saturated heterocycles. The summed E-state index contributed by atoms with van der Waals surface area (Å²) in [5.74, 6) is -0.416. The van der Waals surface area contributed by atoms with Gasteiger partial charge < -0.3 is 5.32 Å². The molecule has 4 heteroatoms. The lowest BCUT2D eigenvalue weighted by Crippen LogP contribution is -2.05. The van der Waals surface area contributed by atoms with E-state index in [4.69, 9.17) is 0 Å². The van der Waals surface area contributed by atoms with E-state index in [1.807, 2.05) is 0 Å². The van der Waals surface area contributed by atoms with E-state index >= 15 is 0 Å². The monoisotopic (exact) mass is 199 g/mol. The fourth-order valence-electron chi connectivity index (χ4n) is 0.941. The van der Waals surface area contributed by atoms with Crippen molar-refractivity contribution in [3.63, 3.8) is 0 Å². The minimum absolute atomic E-state index is 0.154. The minimum Gasteiger partial charge on any atom is -0.326 e. The third-order valence-electron chi connectivity index (χ3n) is 1.47. The largest absolute Gasteiger partial charge is 0.326 e. The molecule has 0 aromatic heterocycles. The van der Waals surface area contributed by atoms with Crippen LogP contribution in [0, 0.1) is 5.82 Å². The molecule has 2 nitrogen and oxygen atoms in total. The second kappa shape index (κ2) is 4.28. The van der Waals surface area contributed by atoms with Crippen molar-refractivity contribution in [3.05, 3.63) is 24.0 Å². The second-order valence-electron chi connectivity index (χ2n) is 2.53. The first-order valence-corrected chi connectivity index (χ1v) is 4.97. The fourth-order valence-corrected chi connectivity index (χ4v) is 1.45. The van der Waals surface area contributed by atoms with E-state index in [0.717, 1.165) is 0 Å². The number of nitrogens with one attached hydrogen (secondary N) is 1. The molecule has 1 rings (SSSR count). The molecule has 1 N–H and O–H groups in total. The van der Waals surface area contributed by atoms with Gasteiger partial charge in [0, 0.05) is 17.5 Å². The molecule has 0 fully saturated rings. The van der Waals surface area contributed by atoms with E-state index in [2.05, 4.69) is 5.32 Å². The van der Waals surface area contributed by atoms with Crippen molar-refractivity contribution >= 4 is 23.4 Å². The lowest BCUT2D eigenvalue weighted by atomic mass is 10.3. The number of rotatable bonds is 2. The minimum atomic E-state index is -0.262. The van der Waals surface area contributed by atoms with Gasteiger partial charge in [0.1, 0.15) is 5.82 Å². The first-order chi connectivity index (χ1) is 6.13. The smallest absolute Gasteiger partial charge is 0.221 e. The van der Waals surface area contributed by atoms with Gasteiger partial charge in [-0.15, -0.1) is 11.8 Å². The number of anilines is 1. The zero-order chi connectivity index (χ0) is 9.84. The van der Waals surface area contributed by atoms with Crippen molar-refractivity contribution < 1.29 is 9.18 Å². The lowest BCUT2D eigenvalue weighted by molar-refractivity contribution is -0.114. The molecule has 0 unspecified atom stereocenters. The van der Waals surface area contributed by atoms with Crippen LogP contribution in [0.4, 0.5) is 10.1 Å². The maximum Gasteiger partial charge on any atom is 0.221 e. The average molecular weight is 199 g/mol. The van der Waals surface area contributed by atoms with Crippen LogP contribution in [0.2, 0.25) is 0 Å². The Hall–Kier alpha value is -1.03. The summed E-state index contributed by atoms with van der Waals surface area (Å²) in [6.07, 6.45) is 1.79. The number of carbonyl (C=O) groups is 1. The zero-order valence-electron chi connectivity index (χ0n) is 7.43. The van der Waals surface area contributed by atoms with Crippen LogP contribution in [-0.2, 0) is 4.79 Å². The summed E-state index contributed by atoms with van der Waals surface area (Å²) in [7, 11) is 0. The molecule has 70 valence electrons. The summed E-state index contributed by atoms with van der Waals surface area (Å²) >= 11 is 1.31. The van der Waals surface area contributed by atoms with Gasteiger partial charge in [0.25, 0.3) is 0 Å². The number of carbonyl (C=O) groups excluding carboxylic acids is 1. The van der Waals surface area contributed by atoms with Gasteiger partial charge in [-0.1, -0.05) is 0 Å². The molecule has 1 amide bonds. The maximum atomic E-state index is 13.0. The Balaban J connectivity index is 2.92. The van der Waals surface area contributed by atoms with Gasteiger partial charge in [-0.3, -0.25) is 4.79 Å². The van der Waals surface area contributed by atoms with Crippen molar-refractivity contribution in [2.24, 2.45) is 0 Å². The number of hydrogen-bond donors (Lipinski definition) is 1. The van der Waals surface area contributed by atoms with Gasteiger partial charge in [-0.2, -0.15) is 0 Å². The molecule has 13 heavy (non-hydrogen) atoms. The molecule has 1 aromatic rings. The van der Waals surface area contributed by atoms with Crippen LogP contribution in [0.15, 0.2) is 23.1 Å². The Morgan fingerprint density at radius 1 is 1.54 bits per heavy atom. The van der Waals surface area contributed by atoms with Gasteiger partial charge in [0.05, 0.1) is 0 Å². The molecule has 0 heterocycles. The number of hydrogen-bond acceptors (Lipinski definition) is 2. The molecule has 0 radical (unpaired) electrons. The van der Waals surface area contributed by atoms with E-state index < -0.39 is 0 Å². The Labute approximate surface area is 80.5 Å². The third-order valence-corrected chi connectivity index (χ3v) is 2.22. The van der Waals surface area contributed by atoms with E-state index in [-0.39, 0.29) is 11.7 Å². The van der Waals surface area contributed by atoms with E-state index in [0.29, 0.717) is 10.6 Å². The van der Waals surface area contributed by atoms with Gasteiger partial charge in [0.2, 0.25) is 5.91 Å². The Bertz CT molecular complexity index is 327. The quantitative estimate of drug-likeness (QED) is 0.741. The predicted octanol–water partition coefficient (Wildman–Crippen LogP) is 2.51. The van der Waals surface area contributed by atoms with Gasteiger partial charge in [-0.25, -0.2) is 4.39 Å². The van der Waals surface area contributed by atoms with E-state index in [1.165, 1.54) is 30.8 Å². The highest BCUT2D eigenvalue weighted by molar-refractivity contribution is 7.98. The van der Waals surface area contributed by atoms with E-state index in [1.54, 1.807) is 12.3 Å². The Morgan fingerprint density at radius 3 is 2.77 bits per heavy atom. The Morgan fingerprint density at radius 2 is 2.23 bits per heavy atom. The summed E-state index contributed by atoms with van der Waals surface area (Å²) in [4.78, 5) is 11.2. The highest BCUT2D eigenvalue weighted by Gasteiger charge is 2.02. The van der Waals surface area contributed by atoms with Crippen molar-refractivity contribution in [2.45, 2.75) is 11.8 Å². The summed E-state index contributed by atoms with van der Waals surface area (Å²) < 4.78 is 13.0. The predicted molar refractivity (Wildman–Crippen MR) is 52.5 cm³/mol. The summed E-state index contributed by atoms with van der Waals surface area (Å²) in [6, 6.07) is 4.50. The maximum absolute atomic E-state index is 13.0. The SMILES string of the molecule is CSc1cc(NC(C)=O)ccc1F. The average Bonchev–Trinajstić information content (AvgIpc) is 2.07. The van der Waals surface area contributed by atoms with Gasteiger partial charge in [0.15, 0.2) is 0 Å². The normalized spacial score (nSPS) is 9.77. The first kappa shape index (κ1) is 10.1. The number of benzene rings is 1. The molecular formula is C9H10FNOS. The number of halogens is 1. The number of amides is 1. The van der Waals surface area contributed by atoms with Crippen LogP contribution in [-0.4, -0.2) is 12.2 Å². The summed E-state index contributed by atoms with van der Waals surface area (Å²) in [5.41, 5.74) is 0.623. The van der Waals surface area contributed by atoms with Crippen molar-refractivity contribution in [1.29, 1.82) is 0 Å². The zero-order valence-corrected chi connectivity index (χ0v) is 8.24. The first-order valence-electron chi connectivity index (χ1n) is 3.74. The van der Waals surface area contributed by atoms with Crippen molar-refractivity contribution in [2.75, 3.05) is 11.6 Å². The molecule has 0 saturated carbocycles. The van der Waals surface area contributed by atoms with Crippen molar-refractivity contribution in [1.82, 2.24) is 0 Å². The molecule has 0 aliphatic rings. The van der Waals surface area contributed by atoms with E-state index in [9.17, 15) is 9.18 Å². The molecule has 0 bridgehead atoms. The summed E-state index contributed by atoms with van der Waals surface area (Å²) in [6.45, 7) is 1.42. The van der Waals surface area contributed by atoms with Gasteiger partial charge in [-0.05, 0) is 24.5 Å². The molecule has 0 aliphatic heterocycles. The Kier molecular flexibility index (Phi) is 3.31. The van der Waals surface area contributed by atoms with Crippen molar-refractivity contribution in [3.8, 4) is 0 Å². The van der Waals surface area contributed by atoms with Crippen LogP contribution in [0.5, 0.6) is 0 Å². The third kappa shape index (κ3) is 2.73. The van der Waals surface area contributed by atoms with Crippen LogP contribution < -0.4 is 5.32 Å². The second-order valence-corrected chi connectivity index (χ2v) is 3.38. The van der Waals surface area contributed by atoms with Crippen LogP contribution >= 0.6 is 11.8 Å². The highest BCUT2D eigenvalue weighted by atomic mass is 32.2. The standard InChI is InChI=1S/C9H10FNOS/c1-6(12)11-7-3-4-8(10)9(5-7)13-2/h3-5H,1-2H3,(H,11,12). The molecule has 1 aromatic carbocycles. The summed E-state index contributed by atoms with van der Waals surface area (Å²) in [5, 5.41) is 2.59. The van der Waals surface area contributed by atoms with Gasteiger partial charge >= 0.3 is 0 Å². The van der Waals surface area contributed by atoms with Crippen LogP contribution in [0.3, 0.4) is 0 Å². The molecular weight excluding hydrogens is 189 g/mol. The van der Waals surface area contributed by atoms with Crippen LogP contribution in [0.25, 0.3) is 0 Å². The molecule has 0 spiro atoms. The topological polar surface area (TPSA) is 29.1 Å². The number of thioether (sulfide) groups is 1. The molecule has 0 atom stereocenters. The lowest BCUT2D eigenvalue weighted by Gasteiger charge is -2.04. The highest BCUT2D eigenvalue weighted by Crippen LogP contribution is 2.22. The molecule has 0 aliphatic carbocycles. The van der Waals surface area contributed by atoms with Crippen LogP contribution in [0.1, 0.15) is 6.92 Å². The fraction of sp³-hybridized carbons (Fsp3) is 0.222.